The molecule has 2 rings (SSSR count). The highest BCUT2D eigenvalue weighted by atomic mass is 16.5. The molecule has 0 amide bonds. The van der Waals surface area contributed by atoms with Gasteiger partial charge < -0.3 is 10.1 Å². The van der Waals surface area contributed by atoms with Crippen LogP contribution >= 0.6 is 0 Å². The lowest BCUT2D eigenvalue weighted by Gasteiger charge is -2.13. The summed E-state index contributed by atoms with van der Waals surface area (Å²) in [5.41, 5.74) is 2.59. The Labute approximate surface area is 121 Å². The van der Waals surface area contributed by atoms with Gasteiger partial charge in [-0.15, -0.1) is 0 Å². The Balaban J connectivity index is 2.30. The molecule has 20 heavy (non-hydrogen) atoms. The Morgan fingerprint density at radius 3 is 2.60 bits per heavy atom. The highest BCUT2D eigenvalue weighted by Crippen LogP contribution is 2.23. The molecule has 2 aromatic rings. The molecular weight excluding hydrogens is 246 g/mol. The van der Waals surface area contributed by atoms with Crippen LogP contribution in [0.25, 0.3) is 16.8 Å². The lowest BCUT2D eigenvalue weighted by molar-refractivity contribution is 0.415. The molecule has 2 aromatic carbocycles. The summed E-state index contributed by atoms with van der Waals surface area (Å²) in [6.45, 7) is 7.49. The average molecular weight is 269 g/mol. The number of likely N-dealkylation sites (N-methyl/N-ethyl adjacent to an activating group) is 1. The summed E-state index contributed by atoms with van der Waals surface area (Å²) in [6, 6.07) is 13.1. The molecule has 0 aliphatic rings. The third kappa shape index (κ3) is 3.40. The predicted molar refractivity (Wildman–Crippen MR) is 87.3 cm³/mol. The number of fused-ring (bicyclic) bond motifs is 1. The van der Waals surface area contributed by atoms with Crippen LogP contribution in [0.1, 0.15) is 26.3 Å². The molecular formula is C18H23NO. The number of hydrogen-bond donors (Lipinski definition) is 1. The van der Waals surface area contributed by atoms with E-state index in [1.807, 2.05) is 6.07 Å². The normalized spacial score (nSPS) is 13.5. The first-order chi connectivity index (χ1) is 9.63. The third-order valence-electron chi connectivity index (χ3n) is 3.66. The second-order valence-electron chi connectivity index (χ2n) is 5.14. The standard InChI is InChI=1S/C18H23NO/c1-5-19-14(3)13(2)10-15-6-7-17-12-18(20-4)9-8-16(17)11-15/h6-12,14,19H,5H2,1-4H3/b13-10+. The molecule has 0 aliphatic carbocycles. The van der Waals surface area contributed by atoms with Gasteiger partial charge in [-0.2, -0.15) is 0 Å². The van der Waals surface area contributed by atoms with Crippen LogP contribution in [0.2, 0.25) is 0 Å². The summed E-state index contributed by atoms with van der Waals surface area (Å²) in [5, 5.41) is 5.88. The van der Waals surface area contributed by atoms with Gasteiger partial charge in [-0.05, 0) is 54.9 Å². The smallest absolute Gasteiger partial charge is 0.119 e. The maximum Gasteiger partial charge on any atom is 0.119 e. The zero-order chi connectivity index (χ0) is 14.5. The van der Waals surface area contributed by atoms with Crippen molar-refractivity contribution < 1.29 is 4.74 Å². The quantitative estimate of drug-likeness (QED) is 0.876. The highest BCUT2D eigenvalue weighted by Gasteiger charge is 2.03. The van der Waals surface area contributed by atoms with Crippen LogP contribution in [0, 0.1) is 0 Å². The van der Waals surface area contributed by atoms with Crippen LogP contribution in [0.5, 0.6) is 5.75 Å². The number of hydrogen-bond acceptors (Lipinski definition) is 2. The van der Waals surface area contributed by atoms with Gasteiger partial charge in [0, 0.05) is 6.04 Å². The van der Waals surface area contributed by atoms with Crippen molar-refractivity contribution in [1.29, 1.82) is 0 Å². The molecule has 0 heterocycles. The third-order valence-corrected chi connectivity index (χ3v) is 3.66. The van der Waals surface area contributed by atoms with Crippen molar-refractivity contribution in [3.63, 3.8) is 0 Å². The molecule has 0 radical (unpaired) electrons. The number of ether oxygens (including phenoxy) is 1. The van der Waals surface area contributed by atoms with Crippen molar-refractivity contribution in [2.45, 2.75) is 26.8 Å². The molecule has 2 heteroatoms. The molecule has 0 bridgehead atoms. The SMILES string of the molecule is CCNC(C)/C(C)=C/c1ccc2cc(OC)ccc2c1. The molecule has 1 unspecified atom stereocenters. The van der Waals surface area contributed by atoms with Gasteiger partial charge in [-0.1, -0.05) is 36.8 Å². The number of nitrogens with one attached hydrogen (secondary N) is 1. The first kappa shape index (κ1) is 14.6. The van der Waals surface area contributed by atoms with Crippen molar-refractivity contribution in [3.05, 3.63) is 47.5 Å². The predicted octanol–water partition coefficient (Wildman–Crippen LogP) is 4.25. The average Bonchev–Trinajstić information content (AvgIpc) is 2.46. The van der Waals surface area contributed by atoms with E-state index in [1.165, 1.54) is 21.9 Å². The molecule has 1 atom stereocenters. The van der Waals surface area contributed by atoms with Gasteiger partial charge in [0.15, 0.2) is 0 Å². The lowest BCUT2D eigenvalue weighted by Crippen LogP contribution is -2.26. The van der Waals surface area contributed by atoms with E-state index in [4.69, 9.17) is 4.74 Å². The minimum Gasteiger partial charge on any atom is -0.497 e. The van der Waals surface area contributed by atoms with Crippen molar-refractivity contribution in [1.82, 2.24) is 5.32 Å². The fourth-order valence-corrected chi connectivity index (χ4v) is 2.31. The highest BCUT2D eigenvalue weighted by molar-refractivity contribution is 5.86. The summed E-state index contributed by atoms with van der Waals surface area (Å²) in [5.74, 6) is 0.901. The largest absolute Gasteiger partial charge is 0.497 e. The molecule has 0 spiro atoms. The Morgan fingerprint density at radius 1 is 1.20 bits per heavy atom. The van der Waals surface area contributed by atoms with Crippen LogP contribution in [-0.2, 0) is 0 Å². The molecule has 0 aliphatic heterocycles. The van der Waals surface area contributed by atoms with Gasteiger partial charge in [0.25, 0.3) is 0 Å². The minimum atomic E-state index is 0.409. The zero-order valence-electron chi connectivity index (χ0n) is 12.7. The topological polar surface area (TPSA) is 21.3 Å². The second-order valence-corrected chi connectivity index (χ2v) is 5.14. The van der Waals surface area contributed by atoms with E-state index in [0.717, 1.165) is 12.3 Å². The lowest BCUT2D eigenvalue weighted by atomic mass is 10.0. The zero-order valence-corrected chi connectivity index (χ0v) is 12.7. The Morgan fingerprint density at radius 2 is 1.90 bits per heavy atom. The summed E-state index contributed by atoms with van der Waals surface area (Å²) in [4.78, 5) is 0. The maximum absolute atomic E-state index is 5.26. The van der Waals surface area contributed by atoms with E-state index >= 15 is 0 Å². The molecule has 0 fully saturated rings. The first-order valence-electron chi connectivity index (χ1n) is 7.13. The molecule has 2 nitrogen and oxygen atoms in total. The summed E-state index contributed by atoms with van der Waals surface area (Å²) in [7, 11) is 1.70. The number of benzene rings is 2. The Kier molecular flexibility index (Phi) is 4.80. The maximum atomic E-state index is 5.26. The van der Waals surface area contributed by atoms with Crippen LogP contribution in [0.15, 0.2) is 42.0 Å². The van der Waals surface area contributed by atoms with Crippen LogP contribution < -0.4 is 10.1 Å². The first-order valence-corrected chi connectivity index (χ1v) is 7.13. The fraction of sp³-hybridized carbons (Fsp3) is 0.333. The van der Waals surface area contributed by atoms with Crippen molar-refractivity contribution in [2.24, 2.45) is 0 Å². The Hall–Kier alpha value is -1.80. The van der Waals surface area contributed by atoms with Gasteiger partial charge in [0.2, 0.25) is 0 Å². The van der Waals surface area contributed by atoms with Crippen molar-refractivity contribution in [3.8, 4) is 5.75 Å². The monoisotopic (exact) mass is 269 g/mol. The van der Waals surface area contributed by atoms with Crippen molar-refractivity contribution >= 4 is 16.8 Å². The molecule has 1 N–H and O–H groups in total. The van der Waals surface area contributed by atoms with E-state index in [2.05, 4.69) is 62.5 Å². The number of methoxy groups -OCH3 is 1. The second kappa shape index (κ2) is 6.58. The van der Waals surface area contributed by atoms with E-state index in [0.29, 0.717) is 6.04 Å². The Bertz CT molecular complexity index is 616. The fourth-order valence-electron chi connectivity index (χ4n) is 2.31. The number of rotatable bonds is 5. The molecule has 0 saturated heterocycles. The summed E-state index contributed by atoms with van der Waals surface area (Å²) in [6.07, 6.45) is 2.25. The van der Waals surface area contributed by atoms with Crippen molar-refractivity contribution in [2.75, 3.05) is 13.7 Å². The summed E-state index contributed by atoms with van der Waals surface area (Å²) < 4.78 is 5.26. The van der Waals surface area contributed by atoms with E-state index in [-0.39, 0.29) is 0 Å². The molecule has 0 saturated carbocycles. The van der Waals surface area contributed by atoms with E-state index < -0.39 is 0 Å². The van der Waals surface area contributed by atoms with Gasteiger partial charge >= 0.3 is 0 Å². The van der Waals surface area contributed by atoms with Gasteiger partial charge in [0.1, 0.15) is 5.75 Å². The minimum absolute atomic E-state index is 0.409. The van der Waals surface area contributed by atoms with Gasteiger partial charge in [0.05, 0.1) is 7.11 Å². The van der Waals surface area contributed by atoms with Gasteiger partial charge in [-0.25, -0.2) is 0 Å². The van der Waals surface area contributed by atoms with Crippen LogP contribution in [-0.4, -0.2) is 19.7 Å². The molecule has 106 valence electrons. The van der Waals surface area contributed by atoms with E-state index in [9.17, 15) is 0 Å². The van der Waals surface area contributed by atoms with E-state index in [1.54, 1.807) is 7.11 Å². The van der Waals surface area contributed by atoms with Crippen LogP contribution in [0.3, 0.4) is 0 Å². The summed E-state index contributed by atoms with van der Waals surface area (Å²) >= 11 is 0. The molecule has 0 aromatic heterocycles. The van der Waals surface area contributed by atoms with Gasteiger partial charge in [-0.3, -0.25) is 0 Å². The van der Waals surface area contributed by atoms with Crippen LogP contribution in [0.4, 0.5) is 0 Å².